The quantitative estimate of drug-likeness (QED) is 0.669. The Morgan fingerprint density at radius 3 is 2.58 bits per heavy atom. The lowest BCUT2D eigenvalue weighted by Gasteiger charge is -2.29. The maximum atomic E-state index is 12.8. The monoisotopic (exact) mass is 262 g/mol. The van der Waals surface area contributed by atoms with E-state index >= 15 is 0 Å². The number of pyridine rings is 1. The van der Waals surface area contributed by atoms with Crippen LogP contribution in [0.3, 0.4) is 0 Å². The first-order chi connectivity index (χ1) is 9.22. The fourth-order valence-electron chi connectivity index (χ4n) is 2.89. The molecule has 2 rings (SSSR count). The highest BCUT2D eigenvalue weighted by atomic mass is 16.5. The third-order valence-electron chi connectivity index (χ3n) is 4.14. The summed E-state index contributed by atoms with van der Waals surface area (Å²) in [5, 5.41) is 0. The molecule has 0 atom stereocenters. The Hall–Kier alpha value is -1.42. The molecule has 1 saturated carbocycles. The largest absolute Gasteiger partial charge is 0.495 e. The summed E-state index contributed by atoms with van der Waals surface area (Å²) >= 11 is 0. The van der Waals surface area contributed by atoms with Gasteiger partial charge in [-0.3, -0.25) is 9.78 Å². The third-order valence-corrected chi connectivity index (χ3v) is 4.14. The van der Waals surface area contributed by atoms with Gasteiger partial charge in [-0.05, 0) is 18.9 Å². The average molecular weight is 262 g/mol. The van der Waals surface area contributed by atoms with E-state index < -0.39 is 5.41 Å². The maximum Gasteiger partial charge on any atom is 0.171 e. The number of methoxy groups -OCH3 is 1. The molecule has 1 aliphatic rings. The molecule has 0 bridgehead atoms. The number of Topliss-reactive ketones (excluding diaryl/α,β-unsaturated/α-hetero) is 1. The highest BCUT2D eigenvalue weighted by molar-refractivity contribution is 6.00. The van der Waals surface area contributed by atoms with Gasteiger partial charge in [-0.15, -0.1) is 0 Å². The lowest BCUT2D eigenvalue weighted by atomic mass is 9.74. The van der Waals surface area contributed by atoms with Crippen LogP contribution in [0.4, 0.5) is 0 Å². The summed E-state index contributed by atoms with van der Waals surface area (Å²) in [4.78, 5) is 16.9. The molecule has 1 aromatic rings. The fraction of sp³-hybridized carbons (Fsp3) is 0.600. The van der Waals surface area contributed by atoms with Gasteiger partial charge in [0, 0.05) is 23.7 Å². The number of hydrogen-bond donors (Lipinski definition) is 1. The molecule has 0 amide bonds. The molecule has 0 aliphatic heterocycles. The fourth-order valence-corrected chi connectivity index (χ4v) is 2.89. The molecule has 19 heavy (non-hydrogen) atoms. The second-order valence-electron chi connectivity index (χ2n) is 5.34. The van der Waals surface area contributed by atoms with Crippen molar-refractivity contribution in [2.75, 3.05) is 13.7 Å². The van der Waals surface area contributed by atoms with Crippen molar-refractivity contribution in [3.05, 3.63) is 24.0 Å². The molecule has 104 valence electrons. The summed E-state index contributed by atoms with van der Waals surface area (Å²) in [5.41, 5.74) is 6.16. The zero-order valence-corrected chi connectivity index (χ0v) is 11.5. The smallest absolute Gasteiger partial charge is 0.171 e. The van der Waals surface area contributed by atoms with Crippen molar-refractivity contribution in [1.82, 2.24) is 4.98 Å². The van der Waals surface area contributed by atoms with Crippen molar-refractivity contribution >= 4 is 5.78 Å². The van der Waals surface area contributed by atoms with Crippen LogP contribution in [0.5, 0.6) is 5.75 Å². The number of ketones is 1. The minimum Gasteiger partial charge on any atom is -0.495 e. The van der Waals surface area contributed by atoms with Gasteiger partial charge in [0.1, 0.15) is 5.75 Å². The number of hydrogen-bond acceptors (Lipinski definition) is 4. The van der Waals surface area contributed by atoms with Crippen molar-refractivity contribution in [2.24, 2.45) is 11.1 Å². The van der Waals surface area contributed by atoms with E-state index in [0.717, 1.165) is 25.7 Å². The van der Waals surface area contributed by atoms with Crippen LogP contribution in [-0.4, -0.2) is 24.4 Å². The average Bonchev–Trinajstić information content (AvgIpc) is 2.73. The standard InChI is InChI=1S/C15H22N2O2/c1-19-13-8-12(9-17-10-13)14(18)15(11-16)6-4-2-3-5-7-15/h8-10H,2-7,11,16H2,1H3. The van der Waals surface area contributed by atoms with Crippen LogP contribution >= 0.6 is 0 Å². The van der Waals surface area contributed by atoms with Crippen LogP contribution in [0.25, 0.3) is 0 Å². The van der Waals surface area contributed by atoms with E-state index in [1.807, 2.05) is 0 Å². The summed E-state index contributed by atoms with van der Waals surface area (Å²) in [5.74, 6) is 0.745. The van der Waals surface area contributed by atoms with Gasteiger partial charge in [0.25, 0.3) is 0 Å². The first-order valence-corrected chi connectivity index (χ1v) is 6.96. The van der Waals surface area contributed by atoms with Crippen molar-refractivity contribution in [3.63, 3.8) is 0 Å². The van der Waals surface area contributed by atoms with Gasteiger partial charge in [0.15, 0.2) is 5.78 Å². The van der Waals surface area contributed by atoms with E-state index in [4.69, 9.17) is 10.5 Å². The predicted molar refractivity (Wildman–Crippen MR) is 74.3 cm³/mol. The molecule has 0 spiro atoms. The lowest BCUT2D eigenvalue weighted by Crippen LogP contribution is -2.38. The van der Waals surface area contributed by atoms with Gasteiger partial charge in [0.2, 0.25) is 0 Å². The van der Waals surface area contributed by atoms with Gasteiger partial charge in [-0.25, -0.2) is 0 Å². The molecule has 1 aliphatic carbocycles. The molecule has 0 unspecified atom stereocenters. The minimum absolute atomic E-state index is 0.128. The van der Waals surface area contributed by atoms with E-state index in [2.05, 4.69) is 4.98 Å². The molecule has 0 aromatic carbocycles. The number of nitrogens with two attached hydrogens (primary N) is 1. The molecule has 0 saturated heterocycles. The molecule has 0 radical (unpaired) electrons. The SMILES string of the molecule is COc1cncc(C(=O)C2(CN)CCCCCC2)c1. The Labute approximate surface area is 114 Å². The van der Waals surface area contributed by atoms with Gasteiger partial charge in [-0.1, -0.05) is 25.7 Å². The zero-order chi connectivity index (χ0) is 13.7. The first kappa shape index (κ1) is 14.0. The molecule has 1 fully saturated rings. The van der Waals surface area contributed by atoms with Crippen LogP contribution in [0.1, 0.15) is 48.9 Å². The second kappa shape index (κ2) is 6.15. The predicted octanol–water partition coefficient (Wildman–Crippen LogP) is 2.57. The summed E-state index contributed by atoms with van der Waals surface area (Å²) in [7, 11) is 1.58. The number of carbonyl (C=O) groups excluding carboxylic acids is 1. The molecule has 4 heteroatoms. The molecule has 1 heterocycles. The number of aromatic nitrogens is 1. The number of ether oxygens (including phenoxy) is 1. The third kappa shape index (κ3) is 2.95. The van der Waals surface area contributed by atoms with Crippen LogP contribution in [0.2, 0.25) is 0 Å². The normalized spacial score (nSPS) is 18.6. The van der Waals surface area contributed by atoms with Crippen molar-refractivity contribution in [1.29, 1.82) is 0 Å². The van der Waals surface area contributed by atoms with E-state index in [1.165, 1.54) is 12.8 Å². The Bertz CT molecular complexity index is 438. The van der Waals surface area contributed by atoms with Crippen LogP contribution in [-0.2, 0) is 0 Å². The van der Waals surface area contributed by atoms with Gasteiger partial charge in [0.05, 0.1) is 13.3 Å². The summed E-state index contributed by atoms with van der Waals surface area (Å²) in [6.07, 6.45) is 9.57. The topological polar surface area (TPSA) is 65.2 Å². The van der Waals surface area contributed by atoms with Crippen LogP contribution in [0, 0.1) is 5.41 Å². The maximum absolute atomic E-state index is 12.8. The molecular formula is C15H22N2O2. The highest BCUT2D eigenvalue weighted by Crippen LogP contribution is 2.37. The molecule has 2 N–H and O–H groups in total. The molecule has 1 aromatic heterocycles. The van der Waals surface area contributed by atoms with Crippen molar-refractivity contribution in [2.45, 2.75) is 38.5 Å². The number of rotatable bonds is 4. The summed E-state index contributed by atoms with van der Waals surface area (Å²) in [6.45, 7) is 0.420. The molecular weight excluding hydrogens is 240 g/mol. The zero-order valence-electron chi connectivity index (χ0n) is 11.5. The minimum atomic E-state index is -0.398. The van der Waals surface area contributed by atoms with E-state index in [-0.39, 0.29) is 5.78 Å². The summed E-state index contributed by atoms with van der Waals surface area (Å²) in [6, 6.07) is 1.76. The number of carbonyl (C=O) groups is 1. The van der Waals surface area contributed by atoms with Crippen molar-refractivity contribution in [3.8, 4) is 5.75 Å². The van der Waals surface area contributed by atoms with Crippen LogP contribution in [0.15, 0.2) is 18.5 Å². The Morgan fingerprint density at radius 2 is 2.00 bits per heavy atom. The first-order valence-electron chi connectivity index (χ1n) is 6.96. The van der Waals surface area contributed by atoms with Gasteiger partial charge in [-0.2, -0.15) is 0 Å². The van der Waals surface area contributed by atoms with E-state index in [0.29, 0.717) is 17.9 Å². The Kier molecular flexibility index (Phi) is 4.53. The van der Waals surface area contributed by atoms with E-state index in [9.17, 15) is 4.79 Å². The number of nitrogens with zero attached hydrogens (tertiary/aromatic N) is 1. The van der Waals surface area contributed by atoms with E-state index in [1.54, 1.807) is 25.6 Å². The Balaban J connectivity index is 2.28. The molecule has 4 nitrogen and oxygen atoms in total. The summed E-state index contributed by atoms with van der Waals surface area (Å²) < 4.78 is 5.14. The van der Waals surface area contributed by atoms with Gasteiger partial charge < -0.3 is 10.5 Å². The second-order valence-corrected chi connectivity index (χ2v) is 5.34. The van der Waals surface area contributed by atoms with Gasteiger partial charge >= 0.3 is 0 Å². The Morgan fingerprint density at radius 1 is 1.32 bits per heavy atom. The van der Waals surface area contributed by atoms with Crippen LogP contribution < -0.4 is 10.5 Å². The van der Waals surface area contributed by atoms with Crippen molar-refractivity contribution < 1.29 is 9.53 Å². The highest BCUT2D eigenvalue weighted by Gasteiger charge is 2.37. The lowest BCUT2D eigenvalue weighted by molar-refractivity contribution is 0.0773.